The van der Waals surface area contributed by atoms with E-state index >= 15 is 0 Å². The first-order chi connectivity index (χ1) is 9.75. The van der Waals surface area contributed by atoms with Gasteiger partial charge in [-0.1, -0.05) is 42.5 Å². The molecule has 0 aliphatic rings. The van der Waals surface area contributed by atoms with E-state index in [0.29, 0.717) is 16.5 Å². The van der Waals surface area contributed by atoms with Crippen molar-refractivity contribution in [2.45, 2.75) is 0 Å². The van der Waals surface area contributed by atoms with Crippen LogP contribution in [0.1, 0.15) is 0 Å². The van der Waals surface area contributed by atoms with E-state index in [9.17, 15) is 10.2 Å². The highest BCUT2D eigenvalue weighted by atomic mass is 16.3. The molecule has 0 aliphatic heterocycles. The lowest BCUT2D eigenvalue weighted by Crippen LogP contribution is -1.76. The van der Waals surface area contributed by atoms with Crippen molar-refractivity contribution >= 4 is 22.1 Å². The Morgan fingerprint density at radius 3 is 2.10 bits per heavy atom. The fourth-order valence-electron chi connectivity index (χ4n) is 2.01. The molecule has 0 radical (unpaired) electrons. The molecule has 0 heterocycles. The third-order valence-corrected chi connectivity index (χ3v) is 3.00. The Kier molecular flexibility index (Phi) is 3.05. The molecule has 0 aromatic heterocycles. The van der Waals surface area contributed by atoms with Gasteiger partial charge in [-0.15, -0.1) is 5.11 Å². The molecular formula is C16H12N2O2. The predicted octanol–water partition coefficient (Wildman–Crippen LogP) is 4.67. The summed E-state index contributed by atoms with van der Waals surface area (Å²) in [4.78, 5) is 0. The van der Waals surface area contributed by atoms with Crippen LogP contribution >= 0.6 is 0 Å². The zero-order valence-corrected chi connectivity index (χ0v) is 10.6. The number of aromatic hydroxyl groups is 2. The molecule has 0 amide bonds. The van der Waals surface area contributed by atoms with Gasteiger partial charge in [0.1, 0.15) is 11.4 Å². The minimum atomic E-state index is 0.0121. The molecule has 0 atom stereocenters. The average Bonchev–Trinajstić information content (AvgIpc) is 2.50. The second-order valence-corrected chi connectivity index (χ2v) is 4.34. The molecule has 3 aromatic rings. The summed E-state index contributed by atoms with van der Waals surface area (Å²) in [7, 11) is 0. The van der Waals surface area contributed by atoms with Gasteiger partial charge in [0.2, 0.25) is 0 Å². The number of phenols is 2. The van der Waals surface area contributed by atoms with Gasteiger partial charge in [-0.25, -0.2) is 0 Å². The lowest BCUT2D eigenvalue weighted by atomic mass is 10.1. The van der Waals surface area contributed by atoms with E-state index in [0.717, 1.165) is 0 Å². The van der Waals surface area contributed by atoms with Crippen LogP contribution in [0.15, 0.2) is 70.9 Å². The Morgan fingerprint density at radius 2 is 1.35 bits per heavy atom. The molecule has 0 spiro atoms. The second kappa shape index (κ2) is 5.01. The van der Waals surface area contributed by atoms with Gasteiger partial charge in [0.25, 0.3) is 0 Å². The number of phenolic OH excluding ortho intramolecular Hbond substituents is 2. The molecule has 4 heteroatoms. The SMILES string of the molecule is Oc1cc(N=Nc2ccccc2)c(O)c2ccccc12. The summed E-state index contributed by atoms with van der Waals surface area (Å²) < 4.78 is 0. The maximum absolute atomic E-state index is 10.2. The van der Waals surface area contributed by atoms with Crippen molar-refractivity contribution < 1.29 is 10.2 Å². The van der Waals surface area contributed by atoms with Crippen LogP contribution in [0, 0.1) is 0 Å². The summed E-state index contributed by atoms with van der Waals surface area (Å²) >= 11 is 0. The minimum Gasteiger partial charge on any atom is -0.507 e. The van der Waals surface area contributed by atoms with Gasteiger partial charge in [0.05, 0.1) is 5.69 Å². The molecule has 0 unspecified atom stereocenters. The van der Waals surface area contributed by atoms with Crippen LogP contribution < -0.4 is 0 Å². The van der Waals surface area contributed by atoms with Crippen LogP contribution in [0.4, 0.5) is 11.4 Å². The molecule has 98 valence electrons. The number of hydrogen-bond donors (Lipinski definition) is 2. The zero-order chi connectivity index (χ0) is 13.9. The Morgan fingerprint density at radius 1 is 0.700 bits per heavy atom. The largest absolute Gasteiger partial charge is 0.507 e. The molecule has 2 N–H and O–H groups in total. The first-order valence-corrected chi connectivity index (χ1v) is 6.16. The number of fused-ring (bicyclic) bond motifs is 1. The van der Waals surface area contributed by atoms with Crippen molar-refractivity contribution in [2.24, 2.45) is 10.2 Å². The van der Waals surface area contributed by atoms with Crippen LogP contribution in [-0.4, -0.2) is 10.2 Å². The van der Waals surface area contributed by atoms with Crippen molar-refractivity contribution in [2.75, 3.05) is 0 Å². The molecule has 0 saturated heterocycles. The van der Waals surface area contributed by atoms with E-state index in [1.807, 2.05) is 18.2 Å². The highest BCUT2D eigenvalue weighted by molar-refractivity contribution is 5.96. The van der Waals surface area contributed by atoms with Gasteiger partial charge in [-0.2, -0.15) is 5.11 Å². The number of hydrogen-bond acceptors (Lipinski definition) is 4. The lowest BCUT2D eigenvalue weighted by Gasteiger charge is -2.05. The third-order valence-electron chi connectivity index (χ3n) is 3.00. The maximum atomic E-state index is 10.2. The molecule has 4 nitrogen and oxygen atoms in total. The van der Waals surface area contributed by atoms with Crippen LogP contribution in [0.25, 0.3) is 10.8 Å². The van der Waals surface area contributed by atoms with E-state index in [1.54, 1.807) is 36.4 Å². The van der Waals surface area contributed by atoms with Gasteiger partial charge in [-0.3, -0.25) is 0 Å². The molecule has 3 aromatic carbocycles. The van der Waals surface area contributed by atoms with Crippen molar-refractivity contribution in [3.8, 4) is 11.5 Å². The predicted molar refractivity (Wildman–Crippen MR) is 77.9 cm³/mol. The average molecular weight is 264 g/mol. The normalized spacial score (nSPS) is 11.2. The summed E-state index contributed by atoms with van der Waals surface area (Å²) in [5.41, 5.74) is 0.921. The monoisotopic (exact) mass is 264 g/mol. The number of azo groups is 1. The standard InChI is InChI=1S/C16H12N2O2/c19-15-10-14(18-17-11-6-2-1-3-7-11)16(20)13-9-5-4-8-12(13)15/h1-10,19-20H. The van der Waals surface area contributed by atoms with E-state index in [-0.39, 0.29) is 17.2 Å². The van der Waals surface area contributed by atoms with E-state index in [1.165, 1.54) is 6.07 Å². The van der Waals surface area contributed by atoms with Crippen LogP contribution in [0.5, 0.6) is 11.5 Å². The van der Waals surface area contributed by atoms with Crippen molar-refractivity contribution in [1.29, 1.82) is 0 Å². The summed E-state index contributed by atoms with van der Waals surface area (Å²) in [6.07, 6.45) is 0. The van der Waals surface area contributed by atoms with Crippen LogP contribution in [-0.2, 0) is 0 Å². The minimum absolute atomic E-state index is 0.0121. The molecule has 0 saturated carbocycles. The van der Waals surface area contributed by atoms with E-state index < -0.39 is 0 Å². The number of nitrogens with zero attached hydrogens (tertiary/aromatic N) is 2. The van der Waals surface area contributed by atoms with Gasteiger partial charge >= 0.3 is 0 Å². The highest BCUT2D eigenvalue weighted by Crippen LogP contribution is 2.40. The fraction of sp³-hybridized carbons (Fsp3) is 0. The smallest absolute Gasteiger partial charge is 0.151 e. The second-order valence-electron chi connectivity index (χ2n) is 4.34. The molecule has 3 rings (SSSR count). The van der Waals surface area contributed by atoms with Crippen molar-refractivity contribution in [1.82, 2.24) is 0 Å². The highest BCUT2D eigenvalue weighted by Gasteiger charge is 2.10. The third kappa shape index (κ3) is 2.19. The molecule has 0 fully saturated rings. The van der Waals surface area contributed by atoms with Crippen molar-refractivity contribution in [3.05, 3.63) is 60.7 Å². The van der Waals surface area contributed by atoms with Gasteiger partial charge < -0.3 is 10.2 Å². The van der Waals surface area contributed by atoms with Crippen LogP contribution in [0.3, 0.4) is 0 Å². The molecule has 20 heavy (non-hydrogen) atoms. The summed E-state index contributed by atoms with van der Waals surface area (Å²) in [5, 5.41) is 29.3. The maximum Gasteiger partial charge on any atom is 0.151 e. The van der Waals surface area contributed by atoms with Gasteiger partial charge in [0, 0.05) is 16.8 Å². The van der Waals surface area contributed by atoms with E-state index in [4.69, 9.17) is 0 Å². The topological polar surface area (TPSA) is 65.2 Å². The Hall–Kier alpha value is -2.88. The van der Waals surface area contributed by atoms with Gasteiger partial charge in [0.15, 0.2) is 5.75 Å². The van der Waals surface area contributed by atoms with E-state index in [2.05, 4.69) is 10.2 Å². The Balaban J connectivity index is 2.09. The molecular weight excluding hydrogens is 252 g/mol. The number of rotatable bonds is 2. The lowest BCUT2D eigenvalue weighted by molar-refractivity contribution is 0.470. The van der Waals surface area contributed by atoms with Crippen molar-refractivity contribution in [3.63, 3.8) is 0 Å². The van der Waals surface area contributed by atoms with Gasteiger partial charge in [-0.05, 0) is 12.1 Å². The first kappa shape index (κ1) is 12.2. The number of benzene rings is 3. The zero-order valence-electron chi connectivity index (χ0n) is 10.6. The first-order valence-electron chi connectivity index (χ1n) is 6.16. The summed E-state index contributed by atoms with van der Waals surface area (Å²) in [6.45, 7) is 0. The molecule has 0 bridgehead atoms. The Labute approximate surface area is 115 Å². The quantitative estimate of drug-likeness (QED) is 0.522. The summed E-state index contributed by atoms with van der Waals surface area (Å²) in [5.74, 6) is 0.0819. The Bertz CT molecular complexity index is 783. The van der Waals surface area contributed by atoms with Crippen LogP contribution in [0.2, 0.25) is 0 Å². The summed E-state index contributed by atoms with van der Waals surface area (Å²) in [6, 6.07) is 17.7. The molecule has 0 aliphatic carbocycles. The fourth-order valence-corrected chi connectivity index (χ4v) is 2.01.